The van der Waals surface area contributed by atoms with Crippen molar-refractivity contribution in [3.05, 3.63) is 16.1 Å². The van der Waals surface area contributed by atoms with Crippen LogP contribution in [0.2, 0.25) is 0 Å². The Kier molecular flexibility index (Phi) is 4.76. The average Bonchev–Trinajstić information content (AvgIpc) is 2.87. The van der Waals surface area contributed by atoms with Gasteiger partial charge in [0.05, 0.1) is 17.3 Å². The van der Waals surface area contributed by atoms with E-state index in [9.17, 15) is 0 Å². The third-order valence-electron chi connectivity index (χ3n) is 3.93. The van der Waals surface area contributed by atoms with Crippen molar-refractivity contribution < 1.29 is 5.11 Å². The molecular weight excluding hydrogens is 244 g/mol. The average molecular weight is 268 g/mol. The van der Waals surface area contributed by atoms with Crippen molar-refractivity contribution in [1.29, 1.82) is 0 Å². The van der Waals surface area contributed by atoms with Crippen LogP contribution in [0.25, 0.3) is 0 Å². The number of aromatic nitrogens is 1. The third-order valence-corrected chi connectivity index (χ3v) is 4.95. The molecule has 1 unspecified atom stereocenters. The summed E-state index contributed by atoms with van der Waals surface area (Å²) < 4.78 is 0. The summed E-state index contributed by atoms with van der Waals surface area (Å²) in [6.07, 6.45) is 2.44. The molecule has 4 heteroatoms. The molecule has 0 amide bonds. The molecule has 102 valence electrons. The highest BCUT2D eigenvalue weighted by Gasteiger charge is 2.24. The van der Waals surface area contributed by atoms with Gasteiger partial charge in [-0.2, -0.15) is 0 Å². The predicted octanol–water partition coefficient (Wildman–Crippen LogP) is 2.83. The Morgan fingerprint density at radius 1 is 1.39 bits per heavy atom. The fourth-order valence-electron chi connectivity index (χ4n) is 2.47. The highest BCUT2D eigenvalue weighted by molar-refractivity contribution is 7.09. The Morgan fingerprint density at radius 3 is 2.61 bits per heavy atom. The standard InChI is InChI=1S/C14H24N2OS/c1-10(2)16-6-4-12(5-7-16)14-15-13(9-18-14)11(3)8-17/h9-12,17H,4-8H2,1-3H3. The molecule has 1 aliphatic heterocycles. The first kappa shape index (κ1) is 14.0. The van der Waals surface area contributed by atoms with Crippen LogP contribution in [0.15, 0.2) is 5.38 Å². The van der Waals surface area contributed by atoms with Gasteiger partial charge < -0.3 is 10.0 Å². The lowest BCUT2D eigenvalue weighted by Crippen LogP contribution is -2.37. The lowest BCUT2D eigenvalue weighted by molar-refractivity contribution is 0.171. The van der Waals surface area contributed by atoms with Crippen molar-refractivity contribution in [2.24, 2.45) is 0 Å². The van der Waals surface area contributed by atoms with Crippen molar-refractivity contribution in [3.63, 3.8) is 0 Å². The van der Waals surface area contributed by atoms with Gasteiger partial charge in [-0.3, -0.25) is 0 Å². The van der Waals surface area contributed by atoms with Gasteiger partial charge in [0, 0.05) is 23.3 Å². The highest BCUT2D eigenvalue weighted by atomic mass is 32.1. The number of hydrogen-bond donors (Lipinski definition) is 1. The first-order valence-electron chi connectivity index (χ1n) is 6.92. The van der Waals surface area contributed by atoms with Crippen molar-refractivity contribution in [2.75, 3.05) is 19.7 Å². The molecule has 0 saturated carbocycles. The van der Waals surface area contributed by atoms with Gasteiger partial charge >= 0.3 is 0 Å². The number of thiazole rings is 1. The second-order valence-corrected chi connectivity index (χ2v) is 6.49. The van der Waals surface area contributed by atoms with E-state index in [1.165, 1.54) is 30.9 Å². The van der Waals surface area contributed by atoms with Crippen molar-refractivity contribution in [1.82, 2.24) is 9.88 Å². The third kappa shape index (κ3) is 3.11. The van der Waals surface area contributed by atoms with Crippen molar-refractivity contribution in [2.45, 2.75) is 51.5 Å². The van der Waals surface area contributed by atoms with E-state index in [1.807, 2.05) is 6.92 Å². The van der Waals surface area contributed by atoms with Gasteiger partial charge in [-0.15, -0.1) is 11.3 Å². The van der Waals surface area contributed by atoms with E-state index in [0.717, 1.165) is 5.69 Å². The summed E-state index contributed by atoms with van der Waals surface area (Å²) in [5.41, 5.74) is 1.06. The molecule has 2 rings (SSSR count). The van der Waals surface area contributed by atoms with Crippen LogP contribution in [0, 0.1) is 0 Å². The molecule has 0 radical (unpaired) electrons. The SMILES string of the molecule is CC(CO)c1csc(C2CCN(C(C)C)CC2)n1. The summed E-state index contributed by atoms with van der Waals surface area (Å²) in [5, 5.41) is 12.5. The molecule has 1 aliphatic rings. The molecule has 0 spiro atoms. The number of nitrogens with zero attached hydrogens (tertiary/aromatic N) is 2. The normalized spacial score (nSPS) is 20.5. The Balaban J connectivity index is 1.95. The number of likely N-dealkylation sites (tertiary alicyclic amines) is 1. The lowest BCUT2D eigenvalue weighted by atomic mass is 9.96. The van der Waals surface area contributed by atoms with Gasteiger partial charge in [-0.05, 0) is 39.8 Å². The number of aliphatic hydroxyl groups excluding tert-OH is 1. The maximum Gasteiger partial charge on any atom is 0.0960 e. The summed E-state index contributed by atoms with van der Waals surface area (Å²) >= 11 is 1.77. The van der Waals surface area contributed by atoms with Crippen LogP contribution in [0.4, 0.5) is 0 Å². The zero-order valence-corrected chi connectivity index (χ0v) is 12.4. The van der Waals surface area contributed by atoms with E-state index in [-0.39, 0.29) is 12.5 Å². The molecular formula is C14H24N2OS. The van der Waals surface area contributed by atoms with Crippen LogP contribution in [-0.4, -0.2) is 40.7 Å². The van der Waals surface area contributed by atoms with Gasteiger partial charge in [-0.1, -0.05) is 6.92 Å². The maximum absolute atomic E-state index is 9.16. The second kappa shape index (κ2) is 6.13. The minimum Gasteiger partial charge on any atom is -0.396 e. The quantitative estimate of drug-likeness (QED) is 0.912. The number of aliphatic hydroxyl groups is 1. The molecule has 1 aromatic rings. The summed E-state index contributed by atoms with van der Waals surface area (Å²) in [6.45, 7) is 9.13. The molecule has 0 bridgehead atoms. The molecule has 1 N–H and O–H groups in total. The molecule has 18 heavy (non-hydrogen) atoms. The van der Waals surface area contributed by atoms with E-state index in [0.29, 0.717) is 12.0 Å². The van der Waals surface area contributed by atoms with Crippen LogP contribution in [0.1, 0.15) is 56.2 Å². The second-order valence-electron chi connectivity index (χ2n) is 5.60. The fraction of sp³-hybridized carbons (Fsp3) is 0.786. The molecule has 0 aliphatic carbocycles. The van der Waals surface area contributed by atoms with Gasteiger partial charge in [0.25, 0.3) is 0 Å². The van der Waals surface area contributed by atoms with E-state index in [4.69, 9.17) is 10.1 Å². The van der Waals surface area contributed by atoms with Crippen LogP contribution in [0.3, 0.4) is 0 Å². The Bertz CT molecular complexity index is 370. The Hall–Kier alpha value is -0.450. The van der Waals surface area contributed by atoms with Gasteiger partial charge in [-0.25, -0.2) is 4.98 Å². The molecule has 1 aromatic heterocycles. The first-order chi connectivity index (χ1) is 8.61. The van der Waals surface area contributed by atoms with Gasteiger partial charge in [0.1, 0.15) is 0 Å². The van der Waals surface area contributed by atoms with E-state index in [2.05, 4.69) is 24.1 Å². The van der Waals surface area contributed by atoms with Gasteiger partial charge in [0.15, 0.2) is 0 Å². The Morgan fingerprint density at radius 2 is 2.06 bits per heavy atom. The lowest BCUT2D eigenvalue weighted by Gasteiger charge is -2.33. The predicted molar refractivity (Wildman–Crippen MR) is 76.3 cm³/mol. The monoisotopic (exact) mass is 268 g/mol. The summed E-state index contributed by atoms with van der Waals surface area (Å²) in [5.74, 6) is 0.801. The molecule has 0 aromatic carbocycles. The first-order valence-corrected chi connectivity index (χ1v) is 7.80. The maximum atomic E-state index is 9.16. The minimum absolute atomic E-state index is 0.172. The molecule has 1 atom stereocenters. The number of piperidine rings is 1. The largest absolute Gasteiger partial charge is 0.396 e. The van der Waals surface area contributed by atoms with E-state index < -0.39 is 0 Å². The van der Waals surface area contributed by atoms with Crippen LogP contribution < -0.4 is 0 Å². The Labute approximate surface area is 114 Å². The molecule has 1 saturated heterocycles. The fourth-order valence-corrected chi connectivity index (χ4v) is 3.58. The topological polar surface area (TPSA) is 36.4 Å². The number of rotatable bonds is 4. The number of hydrogen-bond acceptors (Lipinski definition) is 4. The van der Waals surface area contributed by atoms with E-state index in [1.54, 1.807) is 11.3 Å². The molecule has 2 heterocycles. The molecule has 1 fully saturated rings. The van der Waals surface area contributed by atoms with Gasteiger partial charge in [0.2, 0.25) is 0 Å². The summed E-state index contributed by atoms with van der Waals surface area (Å²) in [7, 11) is 0. The minimum atomic E-state index is 0.172. The smallest absolute Gasteiger partial charge is 0.0960 e. The van der Waals surface area contributed by atoms with Crippen LogP contribution in [-0.2, 0) is 0 Å². The van der Waals surface area contributed by atoms with Crippen LogP contribution >= 0.6 is 11.3 Å². The van der Waals surface area contributed by atoms with Crippen molar-refractivity contribution >= 4 is 11.3 Å². The van der Waals surface area contributed by atoms with Crippen LogP contribution in [0.5, 0.6) is 0 Å². The zero-order chi connectivity index (χ0) is 13.1. The zero-order valence-electron chi connectivity index (χ0n) is 11.6. The van der Waals surface area contributed by atoms with Crippen molar-refractivity contribution in [3.8, 4) is 0 Å². The van der Waals surface area contributed by atoms with E-state index >= 15 is 0 Å². The summed E-state index contributed by atoms with van der Waals surface area (Å²) in [4.78, 5) is 7.26. The highest BCUT2D eigenvalue weighted by Crippen LogP contribution is 2.32. The molecule has 3 nitrogen and oxygen atoms in total. The summed E-state index contributed by atoms with van der Waals surface area (Å²) in [6, 6.07) is 0.659.